The monoisotopic (exact) mass is 1620 g/mol. The average molecular weight is 1620 g/mol. The van der Waals surface area contributed by atoms with Gasteiger partial charge < -0.3 is 61.3 Å². The zero-order valence-corrected chi connectivity index (χ0v) is 60.4. The van der Waals surface area contributed by atoms with E-state index in [9.17, 15) is 58.8 Å². The molecule has 4 aliphatic rings. The number of carbonyl (C=O) groups is 4. The predicted molar refractivity (Wildman–Crippen MR) is 435 cm³/mol. The number of carbonyl (C=O) groups excluding carboxylic acids is 4. The van der Waals surface area contributed by atoms with Gasteiger partial charge in [0.15, 0.2) is 5.65 Å². The van der Waals surface area contributed by atoms with Gasteiger partial charge in [-0.3, -0.25) is 56.6 Å². The number of nitrogens with zero attached hydrogens (tertiary/aromatic N) is 8. The molecule has 4 aliphatic heterocycles. The first-order valence-corrected chi connectivity index (χ1v) is 34.4. The first-order chi connectivity index (χ1) is 77.2. The third-order valence-corrected chi connectivity index (χ3v) is 17.5. The van der Waals surface area contributed by atoms with Gasteiger partial charge in [-0.05, 0) is 254 Å². The number of hydrogen-bond donors (Lipinski definition) is 8. The third-order valence-electron chi connectivity index (χ3n) is 14.3. The third kappa shape index (κ3) is 20.7. The molecule has 4 saturated heterocycles. The maximum Gasteiger partial charge on any atom is 0.268 e. The summed E-state index contributed by atoms with van der Waals surface area (Å²) >= 11 is 1.97. The van der Waals surface area contributed by atoms with Gasteiger partial charge in [-0.15, -0.1) is 45.3 Å². The van der Waals surface area contributed by atoms with Gasteiger partial charge in [0.1, 0.15) is 64.6 Å². The Morgan fingerprint density at radius 2 is 0.832 bits per heavy atom. The minimum Gasteiger partial charge on any atom is -0.506 e. The molecule has 28 heteroatoms. The molecule has 586 valence electrons. The second-order valence-electron chi connectivity index (χ2n) is 22.0. The molecule has 0 aromatic carbocycles. The molecule has 0 spiro atoms. The minimum absolute atomic E-state index is 0.00147. The number of fused-ring (bicyclic) bond motifs is 4. The Bertz CT molecular complexity index is 7850. The molecule has 0 saturated carbocycles. The molecular weight excluding hydrogens is 1440 g/mol. The Kier molecular flexibility index (Phi) is 11.5. The number of nitrogens with one attached hydrogen (secondary N) is 4. The number of aromatic nitrogens is 4. The van der Waals surface area contributed by atoms with Crippen LogP contribution in [0.3, 0.4) is 0 Å². The lowest BCUT2D eigenvalue weighted by molar-refractivity contribution is 0.0937. The van der Waals surface area contributed by atoms with Crippen LogP contribution in [0.5, 0.6) is 23.0 Å². The summed E-state index contributed by atoms with van der Waals surface area (Å²) in [6, 6.07) is -12.0. The zero-order valence-electron chi connectivity index (χ0n) is 125. The molecule has 8 N–H and O–H groups in total. The number of piperidine rings is 4. The van der Waals surface area contributed by atoms with Crippen LogP contribution in [0.2, 0.25) is 5.65 Å². The highest BCUT2D eigenvalue weighted by molar-refractivity contribution is 7.17. The Balaban J connectivity index is 0.000000255. The summed E-state index contributed by atoms with van der Waals surface area (Å²) in [7, 11) is 0. The number of amides is 4. The lowest BCUT2D eigenvalue weighted by atomic mass is 10.0. The van der Waals surface area contributed by atoms with Crippen molar-refractivity contribution in [3.8, 4) is 23.0 Å². The molecule has 0 bridgehead atoms. The van der Waals surface area contributed by atoms with Crippen LogP contribution in [0.25, 0.3) is 40.9 Å². The van der Waals surface area contributed by atoms with Gasteiger partial charge in [0.05, 0.1) is 35.3 Å². The summed E-state index contributed by atoms with van der Waals surface area (Å²) in [5.41, 5.74) is -11.2. The standard InChI is InChI=1S/3C20H29N3O3S.C19H27N3O3S/c3*1-13(2)23-19(26)16(17(24)15-7-11-27-20(15)23)18(25)21-8-5-10-22-9-4-6-14(3)12-22;1-13(2)22-18(25)15(16(23)14-7-12-26-19(14)22)17(24)20-8-6-11-21-9-4-3-5-10-21/h3*7,11,13-14,24H,4-6,8-10,12H2,1-3H3,(H,21,25);7,12-13,23H,3-6,8-11H2,1-2H3,(H,20,24)/i1D3,4D2,6D2,7D,9D2,10D,11D,12D2,13D,14D;1D3,4D2,6D2,7D,9D2,11D,12D2,13D,14D;1D3,4D2,6D2,9D2,12D2,13D,14D;1D3,3D2,4D2,5D2,7D,8D2,9D2,10D2,11D2,12D,13D/hD4. The number of aromatic hydroxyl groups is 4. The van der Waals surface area contributed by atoms with E-state index in [1.165, 1.54) is 11.4 Å². The molecule has 12 heterocycles. The van der Waals surface area contributed by atoms with E-state index in [1.54, 1.807) is 0 Å². The van der Waals surface area contributed by atoms with Gasteiger partial charge >= 0.3 is 0 Å². The van der Waals surface area contributed by atoms with E-state index >= 15 is 0 Å². The molecule has 0 radical (unpaired) electrons. The van der Waals surface area contributed by atoms with Crippen LogP contribution in [0, 0.1) is 17.7 Å². The quantitative estimate of drug-likeness (QED) is 0.0279. The van der Waals surface area contributed by atoms with Crippen LogP contribution in [0.4, 0.5) is 0 Å². The summed E-state index contributed by atoms with van der Waals surface area (Å²) in [5, 5.41) is 40.4. The van der Waals surface area contributed by atoms with Crippen molar-refractivity contribution in [3.63, 3.8) is 0 Å². The van der Waals surface area contributed by atoms with Gasteiger partial charge in [-0.2, -0.15) is 0 Å². The van der Waals surface area contributed by atoms with E-state index < -0.39 is 423 Å². The van der Waals surface area contributed by atoms with Crippen LogP contribution in [0.15, 0.2) is 64.8 Å². The molecule has 0 aliphatic carbocycles. The molecule has 12 rings (SSSR count). The first-order valence-electron chi connectivity index (χ1n) is 64.9. The van der Waals surface area contributed by atoms with Crippen LogP contribution < -0.4 is 43.5 Å². The minimum atomic E-state index is -4.07. The fourth-order valence-corrected chi connectivity index (χ4v) is 13.0. The Morgan fingerprint density at radius 1 is 0.495 bits per heavy atom. The summed E-state index contributed by atoms with van der Waals surface area (Å²) < 4.78 is 551. The molecule has 8 aromatic heterocycles. The topological polar surface area (TPSA) is 298 Å². The number of hydrogen-bond acceptors (Lipinski definition) is 20. The van der Waals surface area contributed by atoms with E-state index in [4.69, 9.17) is 93.4 Å². The molecule has 8 aromatic rings. The van der Waals surface area contributed by atoms with Crippen molar-refractivity contribution in [1.29, 1.82) is 0 Å². The van der Waals surface area contributed by atoms with Crippen molar-refractivity contribution in [2.24, 2.45) is 17.7 Å². The SMILES string of the molecule is [2H]N(CCCN1C([2H])([2H])C([2H])([2H])C([2H])([2H])C([2H])(C)C1([2H])[2H])C(=O)c1c(O)c2ccsc2n(C([2H])(C)C([2H])([2H])[2H])c1=O.[2H]c1sc2c(c1[2H])c(O)c(C(=O)N([2H])C([2H])([2H])CC([2H])([2H])N1C([2H])([2H])C([2H])([2H])C([2H])([2H])C([2H])([2H])C1([2H])[2H])c(=O)n2C([2H])(C)C([2H])([2H])[2H].[2H]c1sc2c(c1[2H])c(O)c(C(=O)N([2H])CCC([2H])N1C([2H])([2H])C([2H])([2H])C([2H])([2H])C([2H])(C)C1([2H])[2H])c(=O)n2C([2H])(C)C([2H])([2H])[2H].[2H]c1sc2c(c1[2H])c(O)c(C(=O)N([2H])CCCN1C([2H])([2H])C([2H])([2H])C([2H])([2H])C([2H])(C)C1([2H])[2H])c(=O)n2C([2H])(C)C([2H])([2H])[2H]. The lowest BCUT2D eigenvalue weighted by Gasteiger charge is -2.30. The fourth-order valence-electron chi connectivity index (χ4n) is 9.64. The van der Waals surface area contributed by atoms with Crippen LogP contribution in [0.1, 0.15) is 312 Å². The van der Waals surface area contributed by atoms with E-state index in [0.29, 0.717) is 60.0 Å². The van der Waals surface area contributed by atoms with Gasteiger partial charge in [-0.1, -0.05) is 27.1 Å². The van der Waals surface area contributed by atoms with E-state index in [0.717, 1.165) is 46.0 Å². The number of rotatable bonds is 24. The molecule has 24 nitrogen and oxygen atoms in total. The summed E-state index contributed by atoms with van der Waals surface area (Å²) in [6.07, 6.45) is -35.9. The van der Waals surface area contributed by atoms with Crippen molar-refractivity contribution in [2.45, 2.75) is 183 Å². The van der Waals surface area contributed by atoms with E-state index in [1.807, 2.05) is 0 Å². The van der Waals surface area contributed by atoms with E-state index in [2.05, 4.69) is 0 Å². The van der Waals surface area contributed by atoms with Gasteiger partial charge in [0.25, 0.3) is 45.9 Å². The maximum atomic E-state index is 13.6. The van der Waals surface area contributed by atoms with Crippen LogP contribution in [-0.4, -0.2) is 186 Å². The van der Waals surface area contributed by atoms with E-state index in [-0.39, 0.29) is 46.9 Å². The van der Waals surface area contributed by atoms with Gasteiger partial charge in [0, 0.05) is 144 Å². The molecule has 4 fully saturated rings. The first kappa shape index (κ1) is 31.4. The number of likely N-dealkylation sites (tertiary alicyclic amines) is 4. The van der Waals surface area contributed by atoms with Crippen LogP contribution in [-0.2, 0) is 0 Å². The molecular formula is C79H114N12O12S4. The van der Waals surface area contributed by atoms with Crippen LogP contribution >= 0.6 is 45.3 Å². The lowest BCUT2D eigenvalue weighted by Crippen LogP contribution is -2.37. The second-order valence-corrected chi connectivity index (χ2v) is 25.3. The van der Waals surface area contributed by atoms with Crippen molar-refractivity contribution < 1.29 is 133 Å². The summed E-state index contributed by atoms with van der Waals surface area (Å²) in [5.74, 6) is -19.8. The van der Waals surface area contributed by atoms with Crippen molar-refractivity contribution in [1.82, 2.24) is 59.1 Å². The second kappa shape index (κ2) is 39.3. The van der Waals surface area contributed by atoms with Crippen molar-refractivity contribution in [3.05, 3.63) is 109 Å². The normalized spacial score (nSPS) is 40.3. The van der Waals surface area contributed by atoms with Crippen molar-refractivity contribution in [2.75, 3.05) is 104 Å². The zero-order chi connectivity index (χ0) is 137. The molecule has 4 amide bonds. The Labute approximate surface area is 739 Å². The highest BCUT2D eigenvalue weighted by Crippen LogP contribution is 2.36. The molecule has 107 heavy (non-hydrogen) atoms. The summed E-state index contributed by atoms with van der Waals surface area (Å²) in [4.78, 5) is 105. The number of thiophene rings is 4. The average Bonchev–Trinajstić information content (AvgIpc) is 1.65. The van der Waals surface area contributed by atoms with Crippen molar-refractivity contribution >= 4 is 110 Å². The predicted octanol–water partition coefficient (Wildman–Crippen LogP) is 12.6. The highest BCUT2D eigenvalue weighted by Gasteiger charge is 2.30. The summed E-state index contributed by atoms with van der Waals surface area (Å²) in [6.45, 7) is -48.3. The maximum absolute atomic E-state index is 13.6. The Hall–Kier alpha value is -7.44. The van der Waals surface area contributed by atoms with Gasteiger partial charge in [-0.25, -0.2) is 0 Å². The largest absolute Gasteiger partial charge is 0.506 e. The Morgan fingerprint density at radius 3 is 1.22 bits per heavy atom. The van der Waals surface area contributed by atoms with Gasteiger partial charge in [0.2, 0.25) is 0 Å². The molecule has 8 unspecified atom stereocenters. The highest BCUT2D eigenvalue weighted by atomic mass is 32.1. The fraction of sp³-hybridized carbons (Fsp3) is 0.595. The smallest absolute Gasteiger partial charge is 0.268 e. The number of pyridine rings is 4. The molecule has 8 atom stereocenters.